The summed E-state index contributed by atoms with van der Waals surface area (Å²) in [4.78, 5) is 20.5. The van der Waals surface area contributed by atoms with E-state index in [-0.39, 0.29) is 5.91 Å². The van der Waals surface area contributed by atoms with Gasteiger partial charge >= 0.3 is 0 Å². The van der Waals surface area contributed by atoms with Gasteiger partial charge in [0.2, 0.25) is 0 Å². The van der Waals surface area contributed by atoms with E-state index < -0.39 is 0 Å². The molecule has 0 aliphatic heterocycles. The Morgan fingerprint density at radius 2 is 2.04 bits per heavy atom. The van der Waals surface area contributed by atoms with Crippen LogP contribution in [0.4, 0.5) is 0 Å². The average molecular weight is 388 g/mol. The van der Waals surface area contributed by atoms with Gasteiger partial charge in [-0.3, -0.25) is 4.79 Å². The molecule has 0 atom stereocenters. The predicted octanol–water partition coefficient (Wildman–Crippen LogP) is 3.56. The van der Waals surface area contributed by atoms with Crippen LogP contribution < -0.4 is 10.5 Å². The second-order valence-electron chi connectivity index (χ2n) is 5.72. The first-order chi connectivity index (χ1) is 12.7. The van der Waals surface area contributed by atoms with Gasteiger partial charge in [0, 0.05) is 22.2 Å². The van der Waals surface area contributed by atoms with Gasteiger partial charge in [-0.15, -0.1) is 22.7 Å². The number of thiophene rings is 1. The maximum atomic E-state index is 13.1. The molecule has 2 aromatic heterocycles. The Hall–Kier alpha value is -2.22. The smallest absolute Gasteiger partial charge is 0.273 e. The third kappa shape index (κ3) is 4.49. The second-order valence-corrected chi connectivity index (χ2v) is 7.69. The highest BCUT2D eigenvalue weighted by Gasteiger charge is 2.21. The molecule has 0 radical (unpaired) electrons. The minimum atomic E-state index is -0.0798. The number of hydrogen-bond acceptors (Lipinski definition) is 6. The van der Waals surface area contributed by atoms with Crippen molar-refractivity contribution < 1.29 is 9.53 Å². The largest absolute Gasteiger partial charge is 0.496 e. The van der Waals surface area contributed by atoms with Crippen LogP contribution in [0, 0.1) is 0 Å². The molecule has 0 aliphatic rings. The maximum absolute atomic E-state index is 13.1. The first kappa shape index (κ1) is 18.6. The predicted molar refractivity (Wildman–Crippen MR) is 106 cm³/mol. The number of aromatic nitrogens is 1. The molecule has 26 heavy (non-hydrogen) atoms. The van der Waals surface area contributed by atoms with Crippen LogP contribution in [0.1, 0.15) is 25.9 Å². The summed E-state index contributed by atoms with van der Waals surface area (Å²) in [6.45, 7) is 1.53. The lowest BCUT2D eigenvalue weighted by Gasteiger charge is -2.22. The fourth-order valence-corrected chi connectivity index (χ4v) is 4.15. The number of carbonyl (C=O) groups excluding carboxylic acids is 1. The lowest BCUT2D eigenvalue weighted by molar-refractivity contribution is 0.0725. The number of nitrogens with two attached hydrogens (primary N) is 1. The molecular weight excluding hydrogens is 366 g/mol. The lowest BCUT2D eigenvalue weighted by atomic mass is 10.1. The zero-order chi connectivity index (χ0) is 18.4. The summed E-state index contributed by atoms with van der Waals surface area (Å²) < 4.78 is 5.44. The van der Waals surface area contributed by atoms with Gasteiger partial charge in [0.15, 0.2) is 0 Å². The van der Waals surface area contributed by atoms with Crippen molar-refractivity contribution in [3.63, 3.8) is 0 Å². The van der Waals surface area contributed by atoms with E-state index in [4.69, 9.17) is 10.5 Å². The van der Waals surface area contributed by atoms with Gasteiger partial charge in [-0.25, -0.2) is 4.98 Å². The number of ether oxygens (including phenoxy) is 1. The van der Waals surface area contributed by atoms with Gasteiger partial charge in [-0.05, 0) is 24.1 Å². The number of hydrogen-bond donors (Lipinski definition) is 1. The van der Waals surface area contributed by atoms with Crippen molar-refractivity contribution in [2.75, 3.05) is 13.7 Å². The van der Waals surface area contributed by atoms with Crippen LogP contribution in [0.5, 0.6) is 5.75 Å². The van der Waals surface area contributed by atoms with Crippen molar-refractivity contribution in [2.24, 2.45) is 5.73 Å². The van der Waals surface area contributed by atoms with E-state index in [2.05, 4.69) is 4.98 Å². The van der Waals surface area contributed by atoms with Crippen LogP contribution in [0.3, 0.4) is 0 Å². The Morgan fingerprint density at radius 1 is 1.19 bits per heavy atom. The number of rotatable bonds is 8. The summed E-state index contributed by atoms with van der Waals surface area (Å²) in [5.41, 5.74) is 7.04. The molecule has 3 aromatic rings. The summed E-state index contributed by atoms with van der Waals surface area (Å²) in [5.74, 6) is 0.697. The number of benzene rings is 1. The molecule has 0 saturated carbocycles. The van der Waals surface area contributed by atoms with Crippen LogP contribution in [0.2, 0.25) is 0 Å². The second kappa shape index (κ2) is 8.93. The first-order valence-electron chi connectivity index (χ1n) is 8.29. The van der Waals surface area contributed by atoms with Crippen molar-refractivity contribution in [3.05, 3.63) is 68.3 Å². The molecule has 3 rings (SSSR count). The standard InChI is InChI=1S/C19H21N3O2S2/c1-24-17-7-3-2-5-14(17)11-22(12-15-6-4-10-25-15)19(23)16-13-26-18(21-16)8-9-20/h2-7,10,13H,8-9,11-12,20H2,1H3. The third-order valence-electron chi connectivity index (χ3n) is 3.90. The highest BCUT2D eigenvalue weighted by Crippen LogP contribution is 2.23. The molecular formula is C19H21N3O2S2. The summed E-state index contributed by atoms with van der Waals surface area (Å²) in [7, 11) is 1.64. The van der Waals surface area contributed by atoms with Crippen molar-refractivity contribution in [3.8, 4) is 5.75 Å². The maximum Gasteiger partial charge on any atom is 0.273 e. The van der Waals surface area contributed by atoms with E-state index in [1.54, 1.807) is 18.4 Å². The lowest BCUT2D eigenvalue weighted by Crippen LogP contribution is -2.30. The van der Waals surface area contributed by atoms with Crippen molar-refractivity contribution in [1.29, 1.82) is 0 Å². The Bertz CT molecular complexity index is 846. The van der Waals surface area contributed by atoms with E-state index in [9.17, 15) is 4.79 Å². The van der Waals surface area contributed by atoms with Crippen LogP contribution in [0.25, 0.3) is 0 Å². The molecule has 0 unspecified atom stereocenters. The molecule has 0 spiro atoms. The van der Waals surface area contributed by atoms with Crippen LogP contribution in [0.15, 0.2) is 47.2 Å². The molecule has 1 aromatic carbocycles. The van der Waals surface area contributed by atoms with E-state index >= 15 is 0 Å². The highest BCUT2D eigenvalue weighted by molar-refractivity contribution is 7.10. The molecule has 0 aliphatic carbocycles. The number of carbonyl (C=O) groups is 1. The molecule has 2 heterocycles. The van der Waals surface area contributed by atoms with Gasteiger partial charge < -0.3 is 15.4 Å². The van der Waals surface area contributed by atoms with Gasteiger partial charge in [0.05, 0.1) is 25.2 Å². The highest BCUT2D eigenvalue weighted by atomic mass is 32.1. The van der Waals surface area contributed by atoms with Crippen molar-refractivity contribution in [1.82, 2.24) is 9.88 Å². The van der Waals surface area contributed by atoms with E-state index in [0.29, 0.717) is 31.7 Å². The Balaban J connectivity index is 1.85. The Kier molecular flexibility index (Phi) is 6.38. The van der Waals surface area contributed by atoms with Gasteiger partial charge in [0.25, 0.3) is 5.91 Å². The van der Waals surface area contributed by atoms with Gasteiger partial charge in [0.1, 0.15) is 11.4 Å². The van der Waals surface area contributed by atoms with Gasteiger partial charge in [-0.2, -0.15) is 0 Å². The summed E-state index contributed by atoms with van der Waals surface area (Å²) in [6.07, 6.45) is 0.690. The van der Waals surface area contributed by atoms with Crippen molar-refractivity contribution in [2.45, 2.75) is 19.5 Å². The normalized spacial score (nSPS) is 10.7. The third-order valence-corrected chi connectivity index (χ3v) is 5.67. The summed E-state index contributed by atoms with van der Waals surface area (Å²) in [5, 5.41) is 4.73. The Morgan fingerprint density at radius 3 is 2.77 bits per heavy atom. The fourth-order valence-electron chi connectivity index (χ4n) is 2.64. The molecule has 0 fully saturated rings. The molecule has 2 N–H and O–H groups in total. The van der Waals surface area contributed by atoms with Crippen molar-refractivity contribution >= 4 is 28.6 Å². The van der Waals surface area contributed by atoms with E-state index in [1.807, 2.05) is 52.1 Å². The van der Waals surface area contributed by atoms with Gasteiger partial charge in [-0.1, -0.05) is 24.3 Å². The number of amides is 1. The molecule has 1 amide bonds. The number of nitrogens with zero attached hydrogens (tertiary/aromatic N) is 2. The molecule has 0 bridgehead atoms. The number of thiazole rings is 1. The van der Waals surface area contributed by atoms with E-state index in [0.717, 1.165) is 21.2 Å². The molecule has 136 valence electrons. The van der Waals surface area contributed by atoms with Crippen LogP contribution in [-0.4, -0.2) is 29.4 Å². The summed E-state index contributed by atoms with van der Waals surface area (Å²) >= 11 is 3.12. The van der Waals surface area contributed by atoms with Crippen LogP contribution in [-0.2, 0) is 19.5 Å². The molecule has 7 heteroatoms. The molecule has 5 nitrogen and oxygen atoms in total. The zero-order valence-electron chi connectivity index (χ0n) is 14.6. The quantitative estimate of drug-likeness (QED) is 0.642. The van der Waals surface area contributed by atoms with Crippen LogP contribution >= 0.6 is 22.7 Å². The fraction of sp³-hybridized carbons (Fsp3) is 0.263. The zero-order valence-corrected chi connectivity index (χ0v) is 16.2. The summed E-state index contributed by atoms with van der Waals surface area (Å²) in [6, 6.07) is 11.8. The number of para-hydroxylation sites is 1. The topological polar surface area (TPSA) is 68.5 Å². The average Bonchev–Trinajstić information content (AvgIpc) is 3.33. The SMILES string of the molecule is COc1ccccc1CN(Cc1cccs1)C(=O)c1csc(CCN)n1. The Labute approximate surface area is 161 Å². The van der Waals surface area contributed by atoms with E-state index in [1.165, 1.54) is 11.3 Å². The monoisotopic (exact) mass is 387 g/mol. The minimum Gasteiger partial charge on any atom is -0.496 e. The number of methoxy groups -OCH3 is 1. The first-order valence-corrected chi connectivity index (χ1v) is 10.0. The minimum absolute atomic E-state index is 0.0798. The molecule has 0 saturated heterocycles.